The molecule has 27 heavy (non-hydrogen) atoms. The quantitative estimate of drug-likeness (QED) is 0.536. The Morgan fingerprint density at radius 2 is 2.07 bits per heavy atom. The van der Waals surface area contributed by atoms with Crippen LogP contribution in [0.5, 0.6) is 0 Å². The average molecular weight is 370 g/mol. The van der Waals surface area contributed by atoms with Gasteiger partial charge in [-0.1, -0.05) is 12.1 Å². The number of aliphatic hydroxyl groups is 1. The number of rotatable bonds is 5. The fraction of sp³-hybridized carbons (Fsp3) is 0.294. The Balaban J connectivity index is 1.60. The minimum Gasteiger partial charge on any atom is -0.390 e. The maximum atomic E-state index is 13.2. The molecule has 0 amide bonds. The molecule has 3 aromatic rings. The van der Waals surface area contributed by atoms with Crippen LogP contribution in [-0.4, -0.2) is 36.8 Å². The summed E-state index contributed by atoms with van der Waals surface area (Å²) in [5, 5.41) is 18.8. The van der Waals surface area contributed by atoms with E-state index in [0.717, 1.165) is 24.9 Å². The molecule has 140 valence electrons. The zero-order chi connectivity index (χ0) is 18.8. The Morgan fingerprint density at radius 1 is 1.26 bits per heavy atom. The molecule has 1 fully saturated rings. The van der Waals surface area contributed by atoms with Crippen molar-refractivity contribution in [1.29, 1.82) is 0 Å². The fourth-order valence-corrected chi connectivity index (χ4v) is 3.22. The number of nitrogens with zero attached hydrogens (tertiary/aromatic N) is 5. The molecular formula is C17H19FN8O. The minimum absolute atomic E-state index is 0.0478. The highest BCUT2D eigenvalue weighted by molar-refractivity contribution is 5.52. The molecule has 1 aliphatic heterocycles. The molecule has 1 unspecified atom stereocenters. The van der Waals surface area contributed by atoms with E-state index < -0.39 is 0 Å². The van der Waals surface area contributed by atoms with E-state index in [4.69, 9.17) is 10.8 Å². The number of H-pyrrole nitrogens is 1. The van der Waals surface area contributed by atoms with Crippen LogP contribution in [0.15, 0.2) is 30.3 Å². The van der Waals surface area contributed by atoms with E-state index >= 15 is 0 Å². The number of aliphatic hydroxyl groups excluding tert-OH is 1. The van der Waals surface area contributed by atoms with Gasteiger partial charge >= 0.3 is 0 Å². The van der Waals surface area contributed by atoms with Crippen molar-refractivity contribution in [2.45, 2.75) is 25.5 Å². The van der Waals surface area contributed by atoms with Crippen molar-refractivity contribution >= 4 is 23.7 Å². The number of nitrogens with one attached hydrogen (secondary N) is 2. The first-order valence-corrected chi connectivity index (χ1v) is 8.58. The van der Waals surface area contributed by atoms with Crippen molar-refractivity contribution in [2.75, 3.05) is 22.5 Å². The minimum atomic E-state index is -0.263. The van der Waals surface area contributed by atoms with Crippen LogP contribution < -0.4 is 16.0 Å². The molecule has 1 aromatic carbocycles. The maximum absolute atomic E-state index is 13.2. The topological polar surface area (TPSA) is 129 Å². The molecule has 5 N–H and O–H groups in total. The zero-order valence-electron chi connectivity index (χ0n) is 14.4. The summed E-state index contributed by atoms with van der Waals surface area (Å²) in [5.41, 5.74) is 7.44. The summed E-state index contributed by atoms with van der Waals surface area (Å²) in [4.78, 5) is 14.9. The third-order valence-corrected chi connectivity index (χ3v) is 4.45. The predicted octanol–water partition coefficient (Wildman–Crippen LogP) is 1.89. The van der Waals surface area contributed by atoms with Crippen molar-refractivity contribution in [3.8, 4) is 0 Å². The summed E-state index contributed by atoms with van der Waals surface area (Å²) >= 11 is 0. The Labute approximate surface area is 154 Å². The maximum Gasteiger partial charge on any atom is 0.235 e. The molecule has 3 heterocycles. The number of hydrogen-bond donors (Lipinski definition) is 4. The second-order valence-corrected chi connectivity index (χ2v) is 6.28. The van der Waals surface area contributed by atoms with Gasteiger partial charge in [0, 0.05) is 12.6 Å². The molecule has 1 atom stereocenters. The SMILES string of the molecule is Nc1nc(Nc2cc(CO)[nH]n2)nc(N2CCCC2c2ccc(F)cc2)n1. The van der Waals surface area contributed by atoms with Crippen LogP contribution in [0.1, 0.15) is 30.1 Å². The molecule has 0 aliphatic carbocycles. The summed E-state index contributed by atoms with van der Waals surface area (Å²) < 4.78 is 13.2. The van der Waals surface area contributed by atoms with Gasteiger partial charge in [0.05, 0.1) is 18.3 Å². The van der Waals surface area contributed by atoms with Gasteiger partial charge in [-0.3, -0.25) is 5.10 Å². The highest BCUT2D eigenvalue weighted by atomic mass is 19.1. The first-order chi connectivity index (χ1) is 13.1. The van der Waals surface area contributed by atoms with E-state index in [1.165, 1.54) is 12.1 Å². The largest absolute Gasteiger partial charge is 0.390 e. The number of nitrogen functional groups attached to an aromatic ring is 1. The molecule has 2 aromatic heterocycles. The number of aromatic nitrogens is 5. The standard InChI is InChI=1S/C17H19FN8O/c18-11-5-3-10(4-6-11)13-2-1-7-26(13)17-22-15(19)21-16(23-17)20-14-8-12(9-27)24-25-14/h3-6,8,13,27H,1-2,7,9H2,(H4,19,20,21,22,23,24,25). The molecule has 0 spiro atoms. The Hall–Kier alpha value is -3.27. The van der Waals surface area contributed by atoms with Crippen LogP contribution in [0.3, 0.4) is 0 Å². The molecule has 0 radical (unpaired) electrons. The van der Waals surface area contributed by atoms with Gasteiger partial charge in [0.1, 0.15) is 5.82 Å². The molecule has 10 heteroatoms. The highest BCUT2D eigenvalue weighted by Crippen LogP contribution is 2.35. The number of anilines is 4. The second-order valence-electron chi connectivity index (χ2n) is 6.28. The normalized spacial score (nSPS) is 16.7. The molecule has 1 aliphatic rings. The number of aromatic amines is 1. The fourth-order valence-electron chi connectivity index (χ4n) is 3.22. The van der Waals surface area contributed by atoms with Gasteiger partial charge in [0.15, 0.2) is 5.82 Å². The van der Waals surface area contributed by atoms with E-state index in [2.05, 4.69) is 30.5 Å². The van der Waals surface area contributed by atoms with Crippen LogP contribution in [0.25, 0.3) is 0 Å². The van der Waals surface area contributed by atoms with Gasteiger partial charge in [0.2, 0.25) is 17.8 Å². The van der Waals surface area contributed by atoms with Gasteiger partial charge in [-0.2, -0.15) is 20.1 Å². The van der Waals surface area contributed by atoms with Crippen LogP contribution in [0.2, 0.25) is 0 Å². The lowest BCUT2D eigenvalue weighted by Gasteiger charge is -2.25. The summed E-state index contributed by atoms with van der Waals surface area (Å²) in [6.45, 7) is 0.619. The van der Waals surface area contributed by atoms with Gasteiger partial charge in [-0.25, -0.2) is 4.39 Å². The van der Waals surface area contributed by atoms with Crippen LogP contribution >= 0.6 is 0 Å². The Kier molecular flexibility index (Phi) is 4.55. The van der Waals surface area contributed by atoms with Gasteiger partial charge in [-0.15, -0.1) is 0 Å². The number of halogens is 1. The van der Waals surface area contributed by atoms with Crippen LogP contribution in [-0.2, 0) is 6.61 Å². The first kappa shape index (κ1) is 17.2. The van der Waals surface area contributed by atoms with Gasteiger partial charge in [0.25, 0.3) is 0 Å². The lowest BCUT2D eigenvalue weighted by Crippen LogP contribution is -2.25. The van der Waals surface area contributed by atoms with E-state index in [1.807, 2.05) is 4.90 Å². The average Bonchev–Trinajstić information content (AvgIpc) is 3.31. The van der Waals surface area contributed by atoms with Crippen LogP contribution in [0.4, 0.5) is 28.1 Å². The van der Waals surface area contributed by atoms with Crippen molar-refractivity contribution in [2.24, 2.45) is 0 Å². The zero-order valence-corrected chi connectivity index (χ0v) is 14.4. The second kappa shape index (κ2) is 7.16. The number of nitrogens with two attached hydrogens (primary N) is 1. The van der Waals surface area contributed by atoms with Gasteiger partial charge in [-0.05, 0) is 30.5 Å². The lowest BCUT2D eigenvalue weighted by molar-refractivity contribution is 0.276. The smallest absolute Gasteiger partial charge is 0.235 e. The highest BCUT2D eigenvalue weighted by Gasteiger charge is 2.29. The summed E-state index contributed by atoms with van der Waals surface area (Å²) in [6.07, 6.45) is 1.88. The predicted molar refractivity (Wildman–Crippen MR) is 97.8 cm³/mol. The molecule has 0 bridgehead atoms. The van der Waals surface area contributed by atoms with Crippen molar-refractivity contribution in [3.63, 3.8) is 0 Å². The molecule has 0 saturated carbocycles. The van der Waals surface area contributed by atoms with E-state index in [9.17, 15) is 4.39 Å². The van der Waals surface area contributed by atoms with Crippen molar-refractivity contribution < 1.29 is 9.50 Å². The van der Waals surface area contributed by atoms with Crippen molar-refractivity contribution in [1.82, 2.24) is 25.1 Å². The summed E-state index contributed by atoms with van der Waals surface area (Å²) in [5.74, 6) is 1.01. The molecule has 4 rings (SSSR count). The Bertz CT molecular complexity index is 929. The summed E-state index contributed by atoms with van der Waals surface area (Å²) in [7, 11) is 0. The lowest BCUT2D eigenvalue weighted by atomic mass is 10.0. The van der Waals surface area contributed by atoms with Crippen molar-refractivity contribution in [3.05, 3.63) is 47.4 Å². The Morgan fingerprint density at radius 3 is 2.81 bits per heavy atom. The van der Waals surface area contributed by atoms with E-state index in [-0.39, 0.29) is 30.4 Å². The molecule has 9 nitrogen and oxygen atoms in total. The number of benzene rings is 1. The monoisotopic (exact) mass is 370 g/mol. The third-order valence-electron chi connectivity index (χ3n) is 4.45. The van der Waals surface area contributed by atoms with E-state index in [0.29, 0.717) is 17.5 Å². The first-order valence-electron chi connectivity index (χ1n) is 8.58. The molecular weight excluding hydrogens is 351 g/mol. The number of hydrogen-bond acceptors (Lipinski definition) is 8. The third kappa shape index (κ3) is 3.65. The molecule has 1 saturated heterocycles. The van der Waals surface area contributed by atoms with Gasteiger partial charge < -0.3 is 21.1 Å². The summed E-state index contributed by atoms with van der Waals surface area (Å²) in [6, 6.07) is 8.17. The van der Waals surface area contributed by atoms with Crippen LogP contribution in [0, 0.1) is 5.82 Å². The van der Waals surface area contributed by atoms with E-state index in [1.54, 1.807) is 18.2 Å².